The zero-order valence-corrected chi connectivity index (χ0v) is 13.4. The van der Waals surface area contributed by atoms with Gasteiger partial charge in [-0.3, -0.25) is 4.79 Å². The molecule has 7 heteroatoms. The van der Waals surface area contributed by atoms with Crippen LogP contribution in [0.25, 0.3) is 0 Å². The van der Waals surface area contributed by atoms with Gasteiger partial charge in [-0.05, 0) is 33.6 Å². The average Bonchev–Trinajstić information content (AvgIpc) is 3.09. The molecule has 0 aromatic carbocycles. The van der Waals surface area contributed by atoms with Crippen molar-refractivity contribution in [3.63, 3.8) is 0 Å². The number of hydrogen-bond donors (Lipinski definition) is 1. The highest BCUT2D eigenvalue weighted by Gasteiger charge is 2.52. The molecule has 1 aromatic heterocycles. The fraction of sp³-hybridized carbons (Fsp3) is 0.643. The van der Waals surface area contributed by atoms with Crippen LogP contribution in [0, 0.1) is 16.7 Å². The van der Waals surface area contributed by atoms with Crippen LogP contribution < -0.4 is 5.32 Å². The summed E-state index contributed by atoms with van der Waals surface area (Å²) in [5, 5.41) is 12.2. The molecule has 1 N–H and O–H groups in total. The van der Waals surface area contributed by atoms with E-state index in [9.17, 15) is 4.79 Å². The third-order valence-electron chi connectivity index (χ3n) is 3.43. The van der Waals surface area contributed by atoms with Crippen molar-refractivity contribution in [1.82, 2.24) is 9.55 Å². The Bertz CT molecular complexity index is 606. The van der Waals surface area contributed by atoms with Crippen molar-refractivity contribution < 1.29 is 9.53 Å². The molecule has 0 amide bonds. The van der Waals surface area contributed by atoms with Crippen molar-refractivity contribution in [2.45, 2.75) is 39.2 Å². The van der Waals surface area contributed by atoms with Gasteiger partial charge in [-0.25, -0.2) is 0 Å². The summed E-state index contributed by atoms with van der Waals surface area (Å²) in [7, 11) is 1.70. The Kier molecular flexibility index (Phi) is 3.89. The van der Waals surface area contributed by atoms with Crippen molar-refractivity contribution in [2.24, 2.45) is 12.5 Å². The van der Waals surface area contributed by atoms with E-state index in [1.54, 1.807) is 11.6 Å². The van der Waals surface area contributed by atoms with E-state index >= 15 is 0 Å². The van der Waals surface area contributed by atoms with Crippen LogP contribution in [0.5, 0.6) is 0 Å². The minimum Gasteiger partial charge on any atom is -0.459 e. The van der Waals surface area contributed by atoms with Crippen molar-refractivity contribution in [1.29, 1.82) is 5.26 Å². The molecule has 0 atom stereocenters. The van der Waals surface area contributed by atoms with E-state index in [2.05, 4.69) is 10.3 Å². The maximum Gasteiger partial charge on any atom is 0.314 e. The number of rotatable bonds is 4. The van der Waals surface area contributed by atoms with Crippen molar-refractivity contribution in [2.75, 3.05) is 11.9 Å². The van der Waals surface area contributed by atoms with Crippen molar-refractivity contribution >= 4 is 23.5 Å². The number of anilines is 1. The summed E-state index contributed by atoms with van der Waals surface area (Å²) in [5.41, 5.74) is -0.688. The molecule has 1 aliphatic carbocycles. The van der Waals surface area contributed by atoms with Gasteiger partial charge in [-0.2, -0.15) is 10.2 Å². The van der Waals surface area contributed by atoms with E-state index in [1.807, 2.05) is 26.8 Å². The summed E-state index contributed by atoms with van der Waals surface area (Å²) >= 11 is 5.88. The minimum atomic E-state index is -0.493. The van der Waals surface area contributed by atoms with Gasteiger partial charge in [0.05, 0.1) is 5.41 Å². The number of nitrogens with one attached hydrogen (secondary N) is 1. The van der Waals surface area contributed by atoms with Gasteiger partial charge in [0, 0.05) is 13.6 Å². The molecule has 1 heterocycles. The van der Waals surface area contributed by atoms with E-state index in [0.717, 1.165) is 12.8 Å². The summed E-state index contributed by atoms with van der Waals surface area (Å²) in [6, 6.07) is 1.99. The molecule has 1 fully saturated rings. The zero-order chi connectivity index (χ0) is 15.8. The molecular formula is C14H19ClN4O2. The van der Waals surface area contributed by atoms with E-state index in [4.69, 9.17) is 21.6 Å². The molecule has 1 saturated carbocycles. The summed E-state index contributed by atoms with van der Waals surface area (Å²) in [5.74, 6) is 0.287. The van der Waals surface area contributed by atoms with Crippen LogP contribution in [0.1, 0.15) is 39.3 Å². The Labute approximate surface area is 129 Å². The van der Waals surface area contributed by atoms with E-state index in [-0.39, 0.29) is 11.1 Å². The Morgan fingerprint density at radius 1 is 1.57 bits per heavy atom. The minimum absolute atomic E-state index is 0.157. The molecular weight excluding hydrogens is 292 g/mol. The number of esters is 1. The number of hydrogen-bond acceptors (Lipinski definition) is 5. The second-order valence-corrected chi connectivity index (χ2v) is 6.74. The predicted octanol–water partition coefficient (Wildman–Crippen LogP) is 2.48. The number of carbonyl (C=O) groups is 1. The van der Waals surface area contributed by atoms with Gasteiger partial charge in [0.1, 0.15) is 11.7 Å². The van der Waals surface area contributed by atoms with Crippen LogP contribution in [0.15, 0.2) is 0 Å². The zero-order valence-electron chi connectivity index (χ0n) is 12.7. The molecule has 21 heavy (non-hydrogen) atoms. The van der Waals surface area contributed by atoms with E-state index in [0.29, 0.717) is 18.2 Å². The van der Waals surface area contributed by atoms with Gasteiger partial charge in [-0.15, -0.1) is 0 Å². The molecule has 0 spiro atoms. The monoisotopic (exact) mass is 310 g/mol. The summed E-state index contributed by atoms with van der Waals surface area (Å²) < 4.78 is 7.03. The molecule has 0 aliphatic heterocycles. The maximum atomic E-state index is 12.2. The van der Waals surface area contributed by atoms with Gasteiger partial charge >= 0.3 is 5.97 Å². The quantitative estimate of drug-likeness (QED) is 0.864. The van der Waals surface area contributed by atoms with Crippen molar-refractivity contribution in [3.8, 4) is 6.07 Å². The molecule has 0 radical (unpaired) electrons. The lowest BCUT2D eigenvalue weighted by molar-refractivity contribution is -0.161. The summed E-state index contributed by atoms with van der Waals surface area (Å²) in [6.07, 6.45) is 1.58. The van der Waals surface area contributed by atoms with Crippen LogP contribution in [0.4, 0.5) is 5.95 Å². The maximum absolute atomic E-state index is 12.2. The van der Waals surface area contributed by atoms with Gasteiger partial charge < -0.3 is 14.6 Å². The highest BCUT2D eigenvalue weighted by molar-refractivity contribution is 6.30. The first-order valence-electron chi connectivity index (χ1n) is 6.78. The first-order chi connectivity index (χ1) is 9.68. The Hall–Kier alpha value is -1.74. The smallest absolute Gasteiger partial charge is 0.314 e. The lowest BCUT2D eigenvalue weighted by atomic mass is 10.1. The van der Waals surface area contributed by atoms with Crippen LogP contribution in [0.3, 0.4) is 0 Å². The normalized spacial score (nSPS) is 16.2. The van der Waals surface area contributed by atoms with E-state index in [1.165, 1.54) is 0 Å². The number of carbonyl (C=O) groups excluding carboxylic acids is 1. The van der Waals surface area contributed by atoms with Gasteiger partial charge in [0.25, 0.3) is 0 Å². The first-order valence-corrected chi connectivity index (χ1v) is 7.16. The number of halogens is 1. The molecule has 0 unspecified atom stereocenters. The standard InChI is InChI=1S/C14H19ClN4O2/c1-13(2,3)21-11(20)14(5-6-14)8-17-12-18-10(15)9(7-16)19(12)4/h5-6,8H2,1-4H3,(H,17,18). The lowest BCUT2D eigenvalue weighted by Crippen LogP contribution is -2.33. The van der Waals surface area contributed by atoms with Crippen LogP contribution in [-0.2, 0) is 16.6 Å². The second kappa shape index (κ2) is 5.23. The van der Waals surface area contributed by atoms with Gasteiger partial charge in [0.2, 0.25) is 5.95 Å². The van der Waals surface area contributed by atoms with Gasteiger partial charge in [0.15, 0.2) is 10.8 Å². The third-order valence-corrected chi connectivity index (χ3v) is 3.69. The van der Waals surface area contributed by atoms with Gasteiger partial charge in [-0.1, -0.05) is 11.6 Å². The Morgan fingerprint density at radius 2 is 2.19 bits per heavy atom. The number of nitriles is 1. The average molecular weight is 311 g/mol. The summed E-state index contributed by atoms with van der Waals surface area (Å²) in [6.45, 7) is 5.98. The van der Waals surface area contributed by atoms with E-state index < -0.39 is 11.0 Å². The topological polar surface area (TPSA) is 79.9 Å². The lowest BCUT2D eigenvalue weighted by Gasteiger charge is -2.24. The van der Waals surface area contributed by atoms with Crippen LogP contribution in [-0.4, -0.2) is 27.7 Å². The second-order valence-electron chi connectivity index (χ2n) is 6.38. The largest absolute Gasteiger partial charge is 0.459 e. The van der Waals surface area contributed by atoms with Crippen molar-refractivity contribution in [3.05, 3.63) is 10.8 Å². The molecule has 1 aliphatic rings. The molecule has 6 nitrogen and oxygen atoms in total. The van der Waals surface area contributed by atoms with Crippen LogP contribution >= 0.6 is 11.6 Å². The Morgan fingerprint density at radius 3 is 2.62 bits per heavy atom. The first kappa shape index (κ1) is 15.6. The highest BCUT2D eigenvalue weighted by Crippen LogP contribution is 2.47. The molecule has 2 rings (SSSR count). The highest BCUT2D eigenvalue weighted by atomic mass is 35.5. The molecule has 0 saturated heterocycles. The number of aromatic nitrogens is 2. The fourth-order valence-corrected chi connectivity index (χ4v) is 2.23. The SMILES string of the molecule is Cn1c(NCC2(C(=O)OC(C)(C)C)CC2)nc(Cl)c1C#N. The molecule has 0 bridgehead atoms. The van der Waals surface area contributed by atoms with Crippen LogP contribution in [0.2, 0.25) is 5.15 Å². The molecule has 1 aromatic rings. The molecule has 114 valence electrons. The number of ether oxygens (including phenoxy) is 1. The predicted molar refractivity (Wildman–Crippen MR) is 78.9 cm³/mol. The third kappa shape index (κ3) is 3.30. The Balaban J connectivity index is 2.04. The summed E-state index contributed by atoms with van der Waals surface area (Å²) in [4.78, 5) is 16.3. The fourth-order valence-electron chi connectivity index (χ4n) is 1.98. The number of imidazole rings is 1. The number of nitrogens with zero attached hydrogens (tertiary/aromatic N) is 3.